The van der Waals surface area contributed by atoms with E-state index in [1.165, 1.54) is 18.2 Å². The summed E-state index contributed by atoms with van der Waals surface area (Å²) in [5.41, 5.74) is 6.31. The lowest BCUT2D eigenvalue weighted by Crippen LogP contribution is -2.21. The van der Waals surface area contributed by atoms with Crippen LogP contribution in [0.4, 0.5) is 13.2 Å². The molecule has 1 aromatic carbocycles. The van der Waals surface area contributed by atoms with Gasteiger partial charge in [0, 0.05) is 18.0 Å². The summed E-state index contributed by atoms with van der Waals surface area (Å²) in [6, 6.07) is 3.62. The normalized spacial score (nSPS) is 18.7. The number of alkyl halides is 3. The van der Waals surface area contributed by atoms with E-state index in [1.807, 2.05) is 0 Å². The minimum absolute atomic E-state index is 0. The Balaban J connectivity index is 0.00000144. The molecule has 0 radical (unpaired) electrons. The predicted octanol–water partition coefficient (Wildman–Crippen LogP) is 2.79. The number of benzene rings is 1. The molecule has 1 atom stereocenters. The Labute approximate surface area is 102 Å². The molecule has 0 saturated carbocycles. The van der Waals surface area contributed by atoms with Crippen molar-refractivity contribution in [2.45, 2.75) is 18.8 Å². The number of fused-ring (bicyclic) bond motifs is 1. The molecule has 1 heterocycles. The van der Waals surface area contributed by atoms with Crippen LogP contribution in [-0.4, -0.2) is 13.0 Å². The number of nitrogens with two attached hydrogens (primary N) is 1. The molecule has 17 heavy (non-hydrogen) atoms. The summed E-state index contributed by atoms with van der Waals surface area (Å²) in [6.45, 7) is 0.480. The maximum atomic E-state index is 12.0. The number of hydrogen-bond donors (Lipinski definition) is 1. The van der Waals surface area contributed by atoms with Crippen LogP contribution in [0.1, 0.15) is 18.0 Å². The van der Waals surface area contributed by atoms with E-state index in [1.54, 1.807) is 0 Å². The number of halogens is 4. The lowest BCUT2D eigenvalue weighted by molar-refractivity contribution is -0.274. The summed E-state index contributed by atoms with van der Waals surface area (Å²) in [6.07, 6.45) is -4.10. The van der Waals surface area contributed by atoms with Gasteiger partial charge < -0.3 is 15.2 Å². The van der Waals surface area contributed by atoms with Crippen LogP contribution in [0.2, 0.25) is 0 Å². The van der Waals surface area contributed by atoms with Crippen LogP contribution in [0.5, 0.6) is 11.5 Å². The zero-order chi connectivity index (χ0) is 11.8. The van der Waals surface area contributed by atoms with E-state index in [4.69, 9.17) is 10.5 Å². The second kappa shape index (κ2) is 5.01. The second-order valence-electron chi connectivity index (χ2n) is 3.49. The molecule has 96 valence electrons. The topological polar surface area (TPSA) is 44.5 Å². The Morgan fingerprint density at radius 2 is 2.06 bits per heavy atom. The van der Waals surface area contributed by atoms with Gasteiger partial charge >= 0.3 is 6.36 Å². The smallest absolute Gasteiger partial charge is 0.493 e. The largest absolute Gasteiger partial charge is 0.573 e. The lowest BCUT2D eigenvalue weighted by Gasteiger charge is -2.23. The van der Waals surface area contributed by atoms with Gasteiger partial charge in [-0.05, 0) is 18.2 Å². The minimum Gasteiger partial charge on any atom is -0.493 e. The average molecular weight is 270 g/mol. The number of ether oxygens (including phenoxy) is 2. The monoisotopic (exact) mass is 269 g/mol. The van der Waals surface area contributed by atoms with Crippen molar-refractivity contribution in [3.8, 4) is 11.5 Å². The van der Waals surface area contributed by atoms with Crippen molar-refractivity contribution >= 4 is 12.4 Å². The molecule has 0 saturated heterocycles. The Bertz CT molecular complexity index is 398. The van der Waals surface area contributed by atoms with E-state index >= 15 is 0 Å². The van der Waals surface area contributed by atoms with Gasteiger partial charge in [0.25, 0.3) is 0 Å². The first-order valence-corrected chi connectivity index (χ1v) is 4.74. The van der Waals surface area contributed by atoms with Crippen LogP contribution >= 0.6 is 12.4 Å². The average Bonchev–Trinajstić information content (AvgIpc) is 2.17. The summed E-state index contributed by atoms with van der Waals surface area (Å²) in [4.78, 5) is 0. The van der Waals surface area contributed by atoms with Gasteiger partial charge in [0.1, 0.15) is 11.5 Å². The Hall–Kier alpha value is -1.14. The molecule has 2 N–H and O–H groups in total. The van der Waals surface area contributed by atoms with Crippen molar-refractivity contribution in [3.63, 3.8) is 0 Å². The van der Waals surface area contributed by atoms with Crippen molar-refractivity contribution in [2.75, 3.05) is 6.61 Å². The molecule has 3 nitrogen and oxygen atoms in total. The summed E-state index contributed by atoms with van der Waals surface area (Å²) in [5.74, 6) is 0.250. The molecule has 0 aliphatic carbocycles. The molecule has 2 rings (SSSR count). The van der Waals surface area contributed by atoms with Crippen molar-refractivity contribution in [1.82, 2.24) is 0 Å². The maximum Gasteiger partial charge on any atom is 0.573 e. The van der Waals surface area contributed by atoms with E-state index < -0.39 is 6.36 Å². The second-order valence-corrected chi connectivity index (χ2v) is 3.49. The first-order chi connectivity index (χ1) is 7.46. The molecule has 0 amide bonds. The molecule has 7 heteroatoms. The highest BCUT2D eigenvalue weighted by molar-refractivity contribution is 5.85. The quantitative estimate of drug-likeness (QED) is 0.853. The number of rotatable bonds is 1. The van der Waals surface area contributed by atoms with Crippen molar-refractivity contribution in [3.05, 3.63) is 23.8 Å². The standard InChI is InChI=1S/C10H10F3NO2.ClH/c11-10(12,13)16-6-1-2-9-7(5-6)8(14)3-4-15-9;/h1-2,5,8H,3-4,14H2;1H/t8-;/m1./s1. The van der Waals surface area contributed by atoms with E-state index in [2.05, 4.69) is 4.74 Å². The fraction of sp³-hybridized carbons (Fsp3) is 0.400. The Morgan fingerprint density at radius 1 is 1.35 bits per heavy atom. The molecule has 1 aliphatic heterocycles. The summed E-state index contributed by atoms with van der Waals surface area (Å²) >= 11 is 0. The van der Waals surface area contributed by atoms with Crippen molar-refractivity contribution < 1.29 is 22.6 Å². The third kappa shape index (κ3) is 3.41. The van der Waals surface area contributed by atoms with Crippen LogP contribution in [-0.2, 0) is 0 Å². The fourth-order valence-electron chi connectivity index (χ4n) is 1.60. The zero-order valence-corrected chi connectivity index (χ0v) is 9.48. The third-order valence-corrected chi connectivity index (χ3v) is 2.30. The van der Waals surface area contributed by atoms with E-state index in [9.17, 15) is 13.2 Å². The fourth-order valence-corrected chi connectivity index (χ4v) is 1.60. The van der Waals surface area contributed by atoms with Crippen LogP contribution < -0.4 is 15.2 Å². The Morgan fingerprint density at radius 3 is 2.71 bits per heavy atom. The van der Waals surface area contributed by atoms with E-state index in [0.29, 0.717) is 24.3 Å². The van der Waals surface area contributed by atoms with Gasteiger partial charge in [-0.25, -0.2) is 0 Å². The highest BCUT2D eigenvalue weighted by Crippen LogP contribution is 2.34. The van der Waals surface area contributed by atoms with Crippen LogP contribution in [0.15, 0.2) is 18.2 Å². The van der Waals surface area contributed by atoms with Crippen LogP contribution in [0.3, 0.4) is 0 Å². The highest BCUT2D eigenvalue weighted by atomic mass is 35.5. The molecule has 1 aromatic rings. The summed E-state index contributed by atoms with van der Waals surface area (Å²) in [5, 5.41) is 0. The van der Waals surface area contributed by atoms with Gasteiger partial charge in [-0.15, -0.1) is 25.6 Å². The van der Waals surface area contributed by atoms with Gasteiger partial charge in [0.2, 0.25) is 0 Å². The van der Waals surface area contributed by atoms with Gasteiger partial charge in [0.05, 0.1) is 6.61 Å². The molecule has 0 aromatic heterocycles. The zero-order valence-electron chi connectivity index (χ0n) is 8.66. The third-order valence-electron chi connectivity index (χ3n) is 2.30. The van der Waals surface area contributed by atoms with Gasteiger partial charge in [-0.3, -0.25) is 0 Å². The molecule has 0 fully saturated rings. The van der Waals surface area contributed by atoms with Crippen LogP contribution in [0.25, 0.3) is 0 Å². The SMILES string of the molecule is Cl.N[C@@H]1CCOc2ccc(OC(F)(F)F)cc21. The van der Waals surface area contributed by atoms with E-state index in [-0.39, 0.29) is 24.2 Å². The summed E-state index contributed by atoms with van der Waals surface area (Å²) in [7, 11) is 0. The summed E-state index contributed by atoms with van der Waals surface area (Å²) < 4.78 is 45.0. The lowest BCUT2D eigenvalue weighted by atomic mass is 10.0. The van der Waals surface area contributed by atoms with Gasteiger partial charge in [-0.1, -0.05) is 0 Å². The molecular formula is C10H11ClF3NO2. The minimum atomic E-state index is -4.69. The predicted molar refractivity (Wildman–Crippen MR) is 57.4 cm³/mol. The van der Waals surface area contributed by atoms with Crippen molar-refractivity contribution in [1.29, 1.82) is 0 Å². The first kappa shape index (κ1) is 13.9. The molecular weight excluding hydrogens is 259 g/mol. The molecule has 1 aliphatic rings. The molecule has 0 unspecified atom stereocenters. The van der Waals surface area contributed by atoms with Gasteiger partial charge in [0.15, 0.2) is 0 Å². The van der Waals surface area contributed by atoms with Crippen LogP contribution in [0, 0.1) is 0 Å². The highest BCUT2D eigenvalue weighted by Gasteiger charge is 2.31. The Kier molecular flexibility index (Phi) is 4.11. The van der Waals surface area contributed by atoms with Gasteiger partial charge in [-0.2, -0.15) is 0 Å². The number of hydrogen-bond acceptors (Lipinski definition) is 3. The maximum absolute atomic E-state index is 12.0. The van der Waals surface area contributed by atoms with Crippen molar-refractivity contribution in [2.24, 2.45) is 5.73 Å². The molecule has 0 bridgehead atoms. The molecule has 0 spiro atoms. The van der Waals surface area contributed by atoms with E-state index in [0.717, 1.165) is 0 Å². The first-order valence-electron chi connectivity index (χ1n) is 4.74.